The SMILES string of the molecule is CCCCCCCCOc1cc(-c2cc(-c3ccc(Cl)cc3)nc(-c3cc(OCCCCCCCC)c(OCCCCCCCC)c(OCCCCCCCC)c3)n2)cc(OCCCCCCCC)c1OCCCCCCCC. The highest BCUT2D eigenvalue weighted by molar-refractivity contribution is 6.30. The summed E-state index contributed by atoms with van der Waals surface area (Å²) in [5.41, 5.74) is 4.14. The number of benzene rings is 3. The van der Waals surface area contributed by atoms with E-state index < -0.39 is 0 Å². The third-order valence-electron chi connectivity index (χ3n) is 15.0. The van der Waals surface area contributed by atoms with Gasteiger partial charge in [-0.3, -0.25) is 0 Å². The van der Waals surface area contributed by atoms with Gasteiger partial charge in [0.25, 0.3) is 0 Å². The van der Waals surface area contributed by atoms with Gasteiger partial charge in [0.15, 0.2) is 28.8 Å². The normalized spacial score (nSPS) is 11.3. The Balaban J connectivity index is 1.88. The molecule has 0 aliphatic carbocycles. The van der Waals surface area contributed by atoms with E-state index in [4.69, 9.17) is 50.0 Å². The fraction of sp³-hybridized carbons (Fsp3) is 0.686. The highest BCUT2D eigenvalue weighted by Gasteiger charge is 2.22. The Labute approximate surface area is 488 Å². The second-order valence-electron chi connectivity index (χ2n) is 22.3. The van der Waals surface area contributed by atoms with Gasteiger partial charge in [0.2, 0.25) is 11.5 Å². The van der Waals surface area contributed by atoms with Crippen LogP contribution in [0.25, 0.3) is 33.9 Å². The van der Waals surface area contributed by atoms with Crippen LogP contribution in [-0.2, 0) is 0 Å². The lowest BCUT2D eigenvalue weighted by Crippen LogP contribution is -2.08. The zero-order valence-electron chi connectivity index (χ0n) is 51.1. The zero-order valence-corrected chi connectivity index (χ0v) is 51.9. The summed E-state index contributed by atoms with van der Waals surface area (Å²) < 4.78 is 40.8. The van der Waals surface area contributed by atoms with Crippen molar-refractivity contribution in [2.45, 2.75) is 273 Å². The molecule has 0 saturated carbocycles. The first-order chi connectivity index (χ1) is 39.0. The summed E-state index contributed by atoms with van der Waals surface area (Å²) in [5.74, 6) is 4.69. The Bertz CT molecular complexity index is 1930. The lowest BCUT2D eigenvalue weighted by molar-refractivity contribution is 0.234. The summed E-state index contributed by atoms with van der Waals surface area (Å²) >= 11 is 6.52. The van der Waals surface area contributed by atoms with Crippen LogP contribution in [0.1, 0.15) is 273 Å². The topological polar surface area (TPSA) is 81.2 Å². The second-order valence-corrected chi connectivity index (χ2v) is 22.7. The molecule has 0 fully saturated rings. The van der Waals surface area contributed by atoms with Gasteiger partial charge in [-0.15, -0.1) is 0 Å². The molecule has 0 aliphatic heterocycles. The standard InChI is InChI=1S/C70H111ClN2O6/c1-7-13-19-25-31-37-47-74-64-53-59(54-65(75-48-38-32-26-20-14-8-2)68(64)78-51-41-35-29-23-17-11-5)63-57-62(58-43-45-61(71)46-44-58)72-70(73-63)60-55-66(76-49-39-33-27-21-15-9-3)69(79-52-42-36-30-24-18-12-6)67(56-60)77-50-40-34-28-22-16-10-4/h43-46,53-57H,7-42,47-52H2,1-6H3. The van der Waals surface area contributed by atoms with Crippen molar-refractivity contribution in [1.82, 2.24) is 9.97 Å². The number of aromatic nitrogens is 2. The van der Waals surface area contributed by atoms with Gasteiger partial charge >= 0.3 is 0 Å². The first-order valence-corrected chi connectivity index (χ1v) is 33.1. The Hall–Kier alpha value is -4.17. The summed E-state index contributed by atoms with van der Waals surface area (Å²) in [4.78, 5) is 10.8. The minimum atomic E-state index is 0.561. The van der Waals surface area contributed by atoms with Crippen LogP contribution >= 0.6 is 11.6 Å². The van der Waals surface area contributed by atoms with Crippen LogP contribution in [0.15, 0.2) is 54.6 Å². The van der Waals surface area contributed by atoms with Gasteiger partial charge in [-0.2, -0.15) is 0 Å². The first-order valence-electron chi connectivity index (χ1n) is 32.7. The molecule has 8 nitrogen and oxygen atoms in total. The fourth-order valence-corrected chi connectivity index (χ4v) is 10.1. The van der Waals surface area contributed by atoms with Crippen LogP contribution < -0.4 is 28.4 Å². The van der Waals surface area contributed by atoms with Gasteiger partial charge in [0, 0.05) is 21.7 Å². The van der Waals surface area contributed by atoms with E-state index >= 15 is 0 Å². The van der Waals surface area contributed by atoms with Crippen molar-refractivity contribution < 1.29 is 28.4 Å². The highest BCUT2D eigenvalue weighted by Crippen LogP contribution is 2.45. The monoisotopic (exact) mass is 1110 g/mol. The van der Waals surface area contributed by atoms with E-state index in [1.807, 2.05) is 24.3 Å². The molecule has 0 amide bonds. The molecule has 1 heterocycles. The summed E-state index contributed by atoms with van der Waals surface area (Å²) in [6, 6.07) is 18.4. The molecule has 3 aromatic carbocycles. The number of hydrogen-bond acceptors (Lipinski definition) is 8. The van der Waals surface area contributed by atoms with Crippen molar-refractivity contribution in [3.8, 4) is 68.4 Å². The number of hydrogen-bond donors (Lipinski definition) is 0. The maximum absolute atomic E-state index is 6.82. The Morgan fingerprint density at radius 3 is 0.835 bits per heavy atom. The molecular formula is C70H111ClN2O6. The first kappa shape index (κ1) is 67.3. The maximum Gasteiger partial charge on any atom is 0.203 e. The molecule has 9 heteroatoms. The lowest BCUT2D eigenvalue weighted by Gasteiger charge is -2.20. The van der Waals surface area contributed by atoms with Gasteiger partial charge < -0.3 is 28.4 Å². The van der Waals surface area contributed by atoms with E-state index in [9.17, 15) is 0 Å². The number of nitrogens with zero attached hydrogens (tertiary/aromatic N) is 2. The second kappa shape index (κ2) is 44.5. The van der Waals surface area contributed by atoms with Gasteiger partial charge in [0.05, 0.1) is 51.0 Å². The number of ether oxygens (including phenoxy) is 6. The van der Waals surface area contributed by atoms with Crippen molar-refractivity contribution in [2.24, 2.45) is 0 Å². The van der Waals surface area contributed by atoms with Gasteiger partial charge in [-0.1, -0.05) is 258 Å². The molecule has 0 spiro atoms. The van der Waals surface area contributed by atoms with Gasteiger partial charge in [-0.05, 0) is 81.0 Å². The zero-order chi connectivity index (χ0) is 56.2. The molecule has 4 rings (SSSR count). The molecule has 1 aromatic heterocycles. The third-order valence-corrected chi connectivity index (χ3v) is 15.2. The average molecular weight is 1110 g/mol. The predicted octanol–water partition coefficient (Wildman–Crippen LogP) is 22.6. The molecule has 0 N–H and O–H groups in total. The number of rotatable bonds is 51. The number of halogens is 1. The molecule has 0 bridgehead atoms. The largest absolute Gasteiger partial charge is 0.490 e. The van der Waals surface area contributed by atoms with E-state index in [1.54, 1.807) is 0 Å². The summed E-state index contributed by atoms with van der Waals surface area (Å²) in [6.45, 7) is 17.2. The minimum absolute atomic E-state index is 0.561. The Morgan fingerprint density at radius 1 is 0.278 bits per heavy atom. The average Bonchev–Trinajstić information content (AvgIpc) is 3.53. The minimum Gasteiger partial charge on any atom is -0.490 e. The van der Waals surface area contributed by atoms with Crippen molar-refractivity contribution in [3.63, 3.8) is 0 Å². The van der Waals surface area contributed by atoms with Crippen molar-refractivity contribution in [3.05, 3.63) is 59.6 Å². The molecule has 0 aliphatic rings. The molecule has 444 valence electrons. The quantitative estimate of drug-likeness (QED) is 0.0405. The summed E-state index contributed by atoms with van der Waals surface area (Å²) in [5, 5.41) is 0.671. The molecule has 0 radical (unpaired) electrons. The predicted molar refractivity (Wildman–Crippen MR) is 337 cm³/mol. The van der Waals surface area contributed by atoms with Crippen molar-refractivity contribution in [1.29, 1.82) is 0 Å². The van der Waals surface area contributed by atoms with Crippen LogP contribution in [0, 0.1) is 0 Å². The van der Waals surface area contributed by atoms with Gasteiger partial charge in [-0.25, -0.2) is 9.97 Å². The molecule has 0 atom stereocenters. The van der Waals surface area contributed by atoms with E-state index in [1.165, 1.54) is 154 Å². The van der Waals surface area contributed by atoms with Crippen molar-refractivity contribution in [2.75, 3.05) is 39.6 Å². The van der Waals surface area contributed by atoms with Crippen LogP contribution in [0.4, 0.5) is 0 Å². The van der Waals surface area contributed by atoms with Crippen LogP contribution in [-0.4, -0.2) is 49.6 Å². The van der Waals surface area contributed by atoms with Crippen LogP contribution in [0.3, 0.4) is 0 Å². The summed E-state index contributed by atoms with van der Waals surface area (Å²) in [6.07, 6.45) is 42.5. The molecule has 4 aromatic rings. The molecule has 0 unspecified atom stereocenters. The fourth-order valence-electron chi connectivity index (χ4n) is 10.0. The molecular weight excluding hydrogens is 1000 g/mol. The number of unbranched alkanes of at least 4 members (excludes halogenated alkanes) is 30. The summed E-state index contributed by atoms with van der Waals surface area (Å²) in [7, 11) is 0. The van der Waals surface area contributed by atoms with Crippen LogP contribution in [0.2, 0.25) is 5.02 Å². The van der Waals surface area contributed by atoms with E-state index in [0.29, 0.717) is 85.0 Å². The maximum atomic E-state index is 6.82. The van der Waals surface area contributed by atoms with E-state index in [2.05, 4.69) is 71.9 Å². The molecule has 79 heavy (non-hydrogen) atoms. The Morgan fingerprint density at radius 2 is 0.532 bits per heavy atom. The van der Waals surface area contributed by atoms with Gasteiger partial charge in [0.1, 0.15) is 0 Å². The molecule has 0 saturated heterocycles. The highest BCUT2D eigenvalue weighted by atomic mass is 35.5. The van der Waals surface area contributed by atoms with Crippen molar-refractivity contribution >= 4 is 11.6 Å². The van der Waals surface area contributed by atoms with E-state index in [0.717, 1.165) is 105 Å². The Kier molecular flexibility index (Phi) is 37.9. The van der Waals surface area contributed by atoms with Crippen LogP contribution in [0.5, 0.6) is 34.5 Å². The smallest absolute Gasteiger partial charge is 0.203 e. The van der Waals surface area contributed by atoms with E-state index in [-0.39, 0.29) is 0 Å². The lowest BCUT2D eigenvalue weighted by atomic mass is 10.0. The third kappa shape index (κ3) is 28.4.